The maximum absolute atomic E-state index is 12.1. The van der Waals surface area contributed by atoms with E-state index >= 15 is 0 Å². The van der Waals surface area contributed by atoms with Crippen molar-refractivity contribution >= 4 is 11.8 Å². The lowest BCUT2D eigenvalue weighted by Crippen LogP contribution is -2.57. The third kappa shape index (κ3) is 4.61. The van der Waals surface area contributed by atoms with E-state index in [0.717, 1.165) is 0 Å². The summed E-state index contributed by atoms with van der Waals surface area (Å²) in [5.41, 5.74) is 2.06. The van der Waals surface area contributed by atoms with Crippen LogP contribution in [0, 0.1) is 24.0 Å². The van der Waals surface area contributed by atoms with Crippen molar-refractivity contribution in [3.8, 4) is 16.9 Å². The molecule has 0 bridgehead atoms. The number of nitro benzene ring substituents is 1. The van der Waals surface area contributed by atoms with E-state index in [9.17, 15) is 14.9 Å². The van der Waals surface area contributed by atoms with Gasteiger partial charge in [0.1, 0.15) is 23.8 Å². The molecule has 1 amide bonds. The van der Waals surface area contributed by atoms with Crippen molar-refractivity contribution < 1.29 is 19.2 Å². The molecule has 3 rings (SSSR count). The Morgan fingerprint density at radius 1 is 1.21 bits per heavy atom. The molecule has 9 nitrogen and oxygen atoms in total. The topological polar surface area (TPSA) is 108 Å². The third-order valence-corrected chi connectivity index (χ3v) is 4.46. The number of aromatic nitrogens is 2. The third-order valence-electron chi connectivity index (χ3n) is 4.46. The van der Waals surface area contributed by atoms with E-state index in [2.05, 4.69) is 9.97 Å². The van der Waals surface area contributed by atoms with Crippen LogP contribution < -0.4 is 4.74 Å². The maximum Gasteiger partial charge on any atom is 0.410 e. The van der Waals surface area contributed by atoms with Crippen LogP contribution in [0.1, 0.15) is 32.2 Å². The fourth-order valence-electron chi connectivity index (χ4n) is 3.08. The second kappa shape index (κ2) is 7.65. The van der Waals surface area contributed by atoms with Crippen molar-refractivity contribution in [2.75, 3.05) is 13.1 Å². The molecular formula is C20H24N4O5. The predicted molar refractivity (Wildman–Crippen MR) is 106 cm³/mol. The number of benzene rings is 1. The van der Waals surface area contributed by atoms with Gasteiger partial charge in [0.05, 0.1) is 18.0 Å². The van der Waals surface area contributed by atoms with E-state index in [1.807, 2.05) is 34.6 Å². The number of carbonyl (C=O) groups excluding carboxylic acids is 1. The fourth-order valence-corrected chi connectivity index (χ4v) is 3.08. The molecule has 0 radical (unpaired) electrons. The summed E-state index contributed by atoms with van der Waals surface area (Å²) in [6.45, 7) is 9.85. The second-order valence-electron chi connectivity index (χ2n) is 7.98. The smallest absolute Gasteiger partial charge is 0.410 e. The van der Waals surface area contributed by atoms with Crippen LogP contribution in [0.2, 0.25) is 0 Å². The standard InChI is InChI=1S/C20H24N4O5/c1-12-18(13(2)22-11-21-12)16-8-14(24(26)27)6-7-17(16)28-15-9-23(10-15)19(25)29-20(3,4)5/h6-8,11,15H,9-10H2,1-5H3. The first-order valence-electron chi connectivity index (χ1n) is 9.27. The molecule has 1 aliphatic rings. The van der Waals surface area contributed by atoms with Crippen LogP contribution in [0.25, 0.3) is 11.1 Å². The second-order valence-corrected chi connectivity index (χ2v) is 7.98. The van der Waals surface area contributed by atoms with E-state index in [0.29, 0.717) is 41.4 Å². The lowest BCUT2D eigenvalue weighted by atomic mass is 10.0. The summed E-state index contributed by atoms with van der Waals surface area (Å²) in [6.07, 6.45) is 0.842. The number of aryl methyl sites for hydroxylation is 2. The molecule has 0 atom stereocenters. The van der Waals surface area contributed by atoms with Gasteiger partial charge < -0.3 is 14.4 Å². The molecule has 1 aromatic heterocycles. The molecule has 1 fully saturated rings. The number of likely N-dealkylation sites (tertiary alicyclic amines) is 1. The average Bonchev–Trinajstić information content (AvgIpc) is 2.56. The molecule has 0 saturated carbocycles. The predicted octanol–water partition coefficient (Wildman–Crippen LogP) is 3.67. The van der Waals surface area contributed by atoms with Gasteiger partial charge >= 0.3 is 6.09 Å². The number of ether oxygens (including phenoxy) is 2. The van der Waals surface area contributed by atoms with E-state index in [-0.39, 0.29) is 17.9 Å². The van der Waals surface area contributed by atoms with Gasteiger partial charge in [-0.05, 0) is 40.7 Å². The normalized spacial score (nSPS) is 14.3. The fraction of sp³-hybridized carbons (Fsp3) is 0.450. The Morgan fingerprint density at radius 3 is 2.38 bits per heavy atom. The Labute approximate surface area is 168 Å². The number of hydrogen-bond acceptors (Lipinski definition) is 7. The first-order chi connectivity index (χ1) is 13.5. The number of non-ortho nitro benzene ring substituents is 1. The van der Waals surface area contributed by atoms with Gasteiger partial charge in [-0.25, -0.2) is 14.8 Å². The molecule has 2 heterocycles. The molecule has 29 heavy (non-hydrogen) atoms. The number of carbonyl (C=O) groups is 1. The zero-order valence-electron chi connectivity index (χ0n) is 17.1. The number of nitro groups is 1. The van der Waals surface area contributed by atoms with Gasteiger partial charge in [-0.2, -0.15) is 0 Å². The highest BCUT2D eigenvalue weighted by molar-refractivity contribution is 5.76. The minimum absolute atomic E-state index is 0.0426. The van der Waals surface area contributed by atoms with Crippen molar-refractivity contribution in [3.05, 3.63) is 46.0 Å². The molecule has 9 heteroatoms. The highest BCUT2D eigenvalue weighted by Gasteiger charge is 2.35. The summed E-state index contributed by atoms with van der Waals surface area (Å²) in [6, 6.07) is 4.45. The monoisotopic (exact) mass is 400 g/mol. The highest BCUT2D eigenvalue weighted by Crippen LogP contribution is 2.37. The van der Waals surface area contributed by atoms with Crippen molar-refractivity contribution in [1.82, 2.24) is 14.9 Å². The van der Waals surface area contributed by atoms with Gasteiger partial charge in [0, 0.05) is 34.6 Å². The Morgan fingerprint density at radius 2 is 1.83 bits per heavy atom. The molecule has 2 aromatic rings. The van der Waals surface area contributed by atoms with Crippen LogP contribution in [-0.2, 0) is 4.74 Å². The quantitative estimate of drug-likeness (QED) is 0.569. The van der Waals surface area contributed by atoms with Crippen LogP contribution in [0.4, 0.5) is 10.5 Å². The molecule has 0 spiro atoms. The summed E-state index contributed by atoms with van der Waals surface area (Å²) in [5, 5.41) is 11.3. The van der Waals surface area contributed by atoms with Crippen molar-refractivity contribution in [3.63, 3.8) is 0 Å². The minimum atomic E-state index is -0.559. The molecule has 1 aliphatic heterocycles. The van der Waals surface area contributed by atoms with Crippen molar-refractivity contribution in [2.24, 2.45) is 0 Å². The number of hydrogen-bond donors (Lipinski definition) is 0. The van der Waals surface area contributed by atoms with Crippen LogP contribution >= 0.6 is 0 Å². The largest absolute Gasteiger partial charge is 0.486 e. The van der Waals surface area contributed by atoms with Crippen LogP contribution in [-0.4, -0.2) is 50.7 Å². The Hall–Kier alpha value is -3.23. The molecule has 1 aromatic carbocycles. The molecular weight excluding hydrogens is 376 g/mol. The van der Waals surface area contributed by atoms with Gasteiger partial charge in [-0.15, -0.1) is 0 Å². The first kappa shape index (κ1) is 20.5. The van der Waals surface area contributed by atoms with Gasteiger partial charge in [-0.3, -0.25) is 10.1 Å². The highest BCUT2D eigenvalue weighted by atomic mass is 16.6. The van der Waals surface area contributed by atoms with Gasteiger partial charge in [0.2, 0.25) is 0 Å². The van der Waals surface area contributed by atoms with Crippen molar-refractivity contribution in [1.29, 1.82) is 0 Å². The Bertz CT molecular complexity index is 928. The first-order valence-corrected chi connectivity index (χ1v) is 9.27. The lowest BCUT2D eigenvalue weighted by Gasteiger charge is -2.39. The van der Waals surface area contributed by atoms with Crippen molar-refractivity contribution in [2.45, 2.75) is 46.3 Å². The van der Waals surface area contributed by atoms with Gasteiger partial charge in [0.15, 0.2) is 0 Å². The minimum Gasteiger partial charge on any atom is -0.486 e. The zero-order valence-corrected chi connectivity index (χ0v) is 17.1. The average molecular weight is 400 g/mol. The summed E-state index contributed by atoms with van der Waals surface area (Å²) in [4.78, 5) is 32.9. The van der Waals surface area contributed by atoms with Crippen LogP contribution in [0.3, 0.4) is 0 Å². The van der Waals surface area contributed by atoms with Gasteiger partial charge in [0.25, 0.3) is 5.69 Å². The summed E-state index contributed by atoms with van der Waals surface area (Å²) < 4.78 is 11.4. The summed E-state index contributed by atoms with van der Waals surface area (Å²) in [7, 11) is 0. The Kier molecular flexibility index (Phi) is 5.41. The molecule has 0 aliphatic carbocycles. The van der Waals surface area contributed by atoms with Gasteiger partial charge in [-0.1, -0.05) is 0 Å². The number of amides is 1. The van der Waals surface area contributed by atoms with E-state index in [4.69, 9.17) is 9.47 Å². The Balaban J connectivity index is 1.82. The summed E-state index contributed by atoms with van der Waals surface area (Å²) >= 11 is 0. The zero-order chi connectivity index (χ0) is 21.3. The molecule has 154 valence electrons. The van der Waals surface area contributed by atoms with Crippen LogP contribution in [0.15, 0.2) is 24.5 Å². The molecule has 0 N–H and O–H groups in total. The SMILES string of the molecule is Cc1ncnc(C)c1-c1cc([N+](=O)[O-])ccc1OC1CN(C(=O)OC(C)(C)C)C1. The molecule has 0 unspecified atom stereocenters. The maximum atomic E-state index is 12.1. The van der Waals surface area contributed by atoms with E-state index in [1.165, 1.54) is 18.5 Å². The van der Waals surface area contributed by atoms with Crippen LogP contribution in [0.5, 0.6) is 5.75 Å². The van der Waals surface area contributed by atoms with E-state index in [1.54, 1.807) is 11.0 Å². The molecule has 1 saturated heterocycles. The number of nitrogens with zero attached hydrogens (tertiary/aromatic N) is 4. The lowest BCUT2D eigenvalue weighted by molar-refractivity contribution is -0.384. The van der Waals surface area contributed by atoms with E-state index < -0.39 is 10.5 Å². The summed E-state index contributed by atoms with van der Waals surface area (Å²) in [5.74, 6) is 0.491. The number of rotatable bonds is 4.